The van der Waals surface area contributed by atoms with E-state index >= 15 is 0 Å². The lowest BCUT2D eigenvalue weighted by atomic mass is 10.0. The van der Waals surface area contributed by atoms with Crippen LogP contribution in [0.4, 0.5) is 4.39 Å². The van der Waals surface area contributed by atoms with Gasteiger partial charge in [-0.3, -0.25) is 19.1 Å². The number of halogens is 2. The number of aliphatic hydroxyl groups is 1. The highest BCUT2D eigenvalue weighted by Gasteiger charge is 2.36. The Morgan fingerprint density at radius 2 is 2.08 bits per heavy atom. The number of aliphatic hydroxyl groups excluding tert-OH is 1. The average molecular weight is 399 g/mol. The number of likely N-dealkylation sites (tertiary alicyclic amines) is 1. The summed E-state index contributed by atoms with van der Waals surface area (Å²) in [6.07, 6.45) is 1.36. The number of piperidine rings is 1. The highest BCUT2D eigenvalue weighted by Crippen LogP contribution is 2.28. The smallest absolute Gasteiger partial charge is 0.408 e. The third-order valence-corrected chi connectivity index (χ3v) is 4.32. The summed E-state index contributed by atoms with van der Waals surface area (Å²) in [7, 11) is 0. The maximum Gasteiger partial charge on any atom is 0.420 e. The highest BCUT2D eigenvalue weighted by atomic mass is 79.9. The van der Waals surface area contributed by atoms with E-state index in [2.05, 4.69) is 15.9 Å². The van der Waals surface area contributed by atoms with Crippen molar-refractivity contribution in [3.8, 4) is 11.3 Å². The van der Waals surface area contributed by atoms with Gasteiger partial charge in [0.15, 0.2) is 5.76 Å². The molecule has 0 bridgehead atoms. The van der Waals surface area contributed by atoms with Gasteiger partial charge in [-0.2, -0.15) is 0 Å². The van der Waals surface area contributed by atoms with Crippen LogP contribution in [0, 0.1) is 5.82 Å². The van der Waals surface area contributed by atoms with Crippen LogP contribution >= 0.6 is 15.9 Å². The molecule has 1 fully saturated rings. The molecule has 2 amide bonds. The first-order chi connectivity index (χ1) is 11.4. The van der Waals surface area contributed by atoms with Crippen LogP contribution in [-0.4, -0.2) is 33.1 Å². The van der Waals surface area contributed by atoms with Crippen molar-refractivity contribution < 1.29 is 23.5 Å². The highest BCUT2D eigenvalue weighted by molar-refractivity contribution is 9.10. The largest absolute Gasteiger partial charge is 0.420 e. The second-order valence-corrected chi connectivity index (χ2v) is 6.16. The predicted octanol–water partition coefficient (Wildman–Crippen LogP) is 1.65. The zero-order valence-electron chi connectivity index (χ0n) is 12.2. The van der Waals surface area contributed by atoms with Crippen molar-refractivity contribution in [2.75, 3.05) is 6.73 Å². The first-order valence-electron chi connectivity index (χ1n) is 7.05. The molecule has 3 rings (SSSR count). The van der Waals surface area contributed by atoms with Crippen molar-refractivity contribution in [3.63, 3.8) is 0 Å². The van der Waals surface area contributed by atoms with Crippen molar-refractivity contribution in [2.45, 2.75) is 18.9 Å². The van der Waals surface area contributed by atoms with Gasteiger partial charge in [-0.25, -0.2) is 9.18 Å². The number of amides is 2. The number of nitrogens with zero attached hydrogens (tertiary/aromatic N) is 2. The fourth-order valence-electron chi connectivity index (χ4n) is 2.61. The van der Waals surface area contributed by atoms with Crippen molar-refractivity contribution in [2.24, 2.45) is 0 Å². The molecule has 1 aromatic carbocycles. The van der Waals surface area contributed by atoms with Gasteiger partial charge in [0.2, 0.25) is 5.91 Å². The van der Waals surface area contributed by atoms with E-state index in [1.807, 2.05) is 0 Å². The molecule has 0 aliphatic carbocycles. The van der Waals surface area contributed by atoms with Gasteiger partial charge in [-0.05, 0) is 24.6 Å². The third-order valence-electron chi connectivity index (χ3n) is 3.82. The molecule has 1 atom stereocenters. The Morgan fingerprint density at radius 3 is 2.75 bits per heavy atom. The number of carbonyl (C=O) groups excluding carboxylic acids is 2. The molecule has 1 aliphatic heterocycles. The SMILES string of the molecule is O=C1CCC(n2cc(-c3ccc(Br)cc3F)oc2=O)C(=O)N1CO. The van der Waals surface area contributed by atoms with Gasteiger partial charge in [0.05, 0.1) is 11.8 Å². The maximum atomic E-state index is 14.0. The minimum absolute atomic E-state index is 0.0105. The van der Waals surface area contributed by atoms with E-state index in [0.717, 1.165) is 4.57 Å². The van der Waals surface area contributed by atoms with Crippen LogP contribution in [0.25, 0.3) is 11.3 Å². The molecule has 1 N–H and O–H groups in total. The summed E-state index contributed by atoms with van der Waals surface area (Å²) in [6.45, 7) is -0.755. The summed E-state index contributed by atoms with van der Waals surface area (Å²) in [6, 6.07) is 3.28. The zero-order valence-corrected chi connectivity index (χ0v) is 13.8. The molecule has 7 nitrogen and oxygen atoms in total. The van der Waals surface area contributed by atoms with Gasteiger partial charge >= 0.3 is 5.76 Å². The number of oxazole rings is 1. The molecule has 1 unspecified atom stereocenters. The number of rotatable bonds is 3. The van der Waals surface area contributed by atoms with Crippen LogP contribution < -0.4 is 5.76 Å². The van der Waals surface area contributed by atoms with Crippen LogP contribution in [0.1, 0.15) is 18.9 Å². The Bertz CT molecular complexity index is 875. The summed E-state index contributed by atoms with van der Waals surface area (Å²) in [5.74, 6) is -2.65. The first kappa shape index (κ1) is 16.6. The Labute approximate surface area is 143 Å². The fourth-order valence-corrected chi connectivity index (χ4v) is 2.94. The van der Waals surface area contributed by atoms with Crippen molar-refractivity contribution in [1.82, 2.24) is 9.47 Å². The van der Waals surface area contributed by atoms with Gasteiger partial charge in [0.25, 0.3) is 5.91 Å². The second kappa shape index (κ2) is 6.33. The van der Waals surface area contributed by atoms with Crippen molar-refractivity contribution in [1.29, 1.82) is 0 Å². The molecule has 2 aromatic rings. The van der Waals surface area contributed by atoms with E-state index < -0.39 is 36.2 Å². The summed E-state index contributed by atoms with van der Waals surface area (Å²) < 4.78 is 20.6. The van der Waals surface area contributed by atoms with E-state index in [4.69, 9.17) is 9.52 Å². The predicted molar refractivity (Wildman–Crippen MR) is 83.3 cm³/mol. The molecule has 1 aliphatic rings. The zero-order chi connectivity index (χ0) is 17.4. The molecule has 126 valence electrons. The fraction of sp³-hybridized carbons (Fsp3) is 0.267. The van der Waals surface area contributed by atoms with Gasteiger partial charge in [-0.1, -0.05) is 15.9 Å². The van der Waals surface area contributed by atoms with E-state index in [0.29, 0.717) is 9.37 Å². The monoisotopic (exact) mass is 398 g/mol. The molecule has 1 saturated heterocycles. The second-order valence-electron chi connectivity index (χ2n) is 5.25. The molecule has 1 aromatic heterocycles. The van der Waals surface area contributed by atoms with Gasteiger partial charge in [0, 0.05) is 10.9 Å². The number of imide groups is 1. The maximum absolute atomic E-state index is 14.0. The van der Waals surface area contributed by atoms with Crippen molar-refractivity contribution >= 4 is 27.7 Å². The van der Waals surface area contributed by atoms with Crippen LogP contribution in [-0.2, 0) is 9.59 Å². The lowest BCUT2D eigenvalue weighted by molar-refractivity contribution is -0.155. The van der Waals surface area contributed by atoms with E-state index in [-0.39, 0.29) is 24.2 Å². The standard InChI is InChI=1S/C15H12BrFN2O5/c16-8-1-2-9(10(17)5-8)12-6-18(15(23)24-12)11-3-4-13(21)19(7-20)14(11)22/h1-2,5-6,11,20H,3-4,7H2. The lowest BCUT2D eigenvalue weighted by Crippen LogP contribution is -2.47. The molecule has 9 heteroatoms. The number of carbonyl (C=O) groups is 2. The summed E-state index contributed by atoms with van der Waals surface area (Å²) in [5, 5.41) is 9.13. The average Bonchev–Trinajstić information content (AvgIpc) is 2.89. The minimum Gasteiger partial charge on any atom is -0.408 e. The summed E-state index contributed by atoms with van der Waals surface area (Å²) >= 11 is 3.14. The van der Waals surface area contributed by atoms with E-state index in [1.165, 1.54) is 18.3 Å². The number of aromatic nitrogens is 1. The Hall–Kier alpha value is -2.26. The number of benzene rings is 1. The molecular formula is C15H12BrFN2O5. The topological polar surface area (TPSA) is 92.8 Å². The van der Waals surface area contributed by atoms with Crippen LogP contribution in [0.15, 0.2) is 38.1 Å². The normalized spacial score (nSPS) is 18.3. The minimum atomic E-state index is -0.974. The number of hydrogen-bond acceptors (Lipinski definition) is 5. The van der Waals surface area contributed by atoms with E-state index in [1.54, 1.807) is 6.07 Å². The molecule has 0 spiro atoms. The Morgan fingerprint density at radius 1 is 1.33 bits per heavy atom. The van der Waals surface area contributed by atoms with Gasteiger partial charge in [0.1, 0.15) is 18.6 Å². The third kappa shape index (κ3) is 2.80. The van der Waals surface area contributed by atoms with Gasteiger partial charge < -0.3 is 9.52 Å². The molecule has 24 heavy (non-hydrogen) atoms. The van der Waals surface area contributed by atoms with Crippen molar-refractivity contribution in [3.05, 3.63) is 45.2 Å². The lowest BCUT2D eigenvalue weighted by Gasteiger charge is -2.28. The number of hydrogen-bond donors (Lipinski definition) is 1. The molecular weight excluding hydrogens is 387 g/mol. The van der Waals surface area contributed by atoms with Gasteiger partial charge in [-0.15, -0.1) is 0 Å². The van der Waals surface area contributed by atoms with Crippen LogP contribution in [0.2, 0.25) is 0 Å². The Balaban J connectivity index is 1.99. The van der Waals surface area contributed by atoms with Crippen LogP contribution in [0.3, 0.4) is 0 Å². The summed E-state index contributed by atoms with van der Waals surface area (Å²) in [5.41, 5.74) is 0.0763. The summed E-state index contributed by atoms with van der Waals surface area (Å²) in [4.78, 5) is 36.6. The van der Waals surface area contributed by atoms with E-state index in [9.17, 15) is 18.8 Å². The van der Waals surface area contributed by atoms with Crippen LogP contribution in [0.5, 0.6) is 0 Å². The molecule has 0 radical (unpaired) electrons. The Kier molecular flexibility index (Phi) is 4.37. The molecule has 2 heterocycles. The molecule has 0 saturated carbocycles. The quantitative estimate of drug-likeness (QED) is 0.793. The first-order valence-corrected chi connectivity index (χ1v) is 7.84.